The zero-order chi connectivity index (χ0) is 24.2. The Labute approximate surface area is 195 Å². The molecule has 1 aliphatic rings. The topological polar surface area (TPSA) is 80.0 Å². The van der Waals surface area contributed by atoms with Crippen molar-refractivity contribution in [3.8, 4) is 5.75 Å². The maximum absolute atomic E-state index is 14.6. The number of ketones is 1. The van der Waals surface area contributed by atoms with Crippen molar-refractivity contribution < 1.29 is 32.6 Å². The summed E-state index contributed by atoms with van der Waals surface area (Å²) < 4.78 is 39.6. The molecule has 1 N–H and O–H groups in total. The highest BCUT2D eigenvalue weighted by Gasteiger charge is 2.49. The van der Waals surface area contributed by atoms with Crippen LogP contribution in [0.2, 0.25) is 0 Å². The lowest BCUT2D eigenvalue weighted by molar-refractivity contribution is -0.132. The van der Waals surface area contributed by atoms with Crippen LogP contribution in [0, 0.1) is 11.6 Å². The number of rotatable bonds is 8. The zero-order valence-electron chi connectivity index (χ0n) is 18.5. The van der Waals surface area contributed by atoms with E-state index in [0.29, 0.717) is 12.4 Å². The van der Waals surface area contributed by atoms with Crippen molar-refractivity contribution in [2.75, 3.05) is 11.5 Å². The van der Waals surface area contributed by atoms with Gasteiger partial charge in [0.1, 0.15) is 34.9 Å². The van der Waals surface area contributed by atoms with Crippen LogP contribution in [-0.2, 0) is 9.59 Å². The van der Waals surface area contributed by atoms with E-state index in [1.807, 2.05) is 0 Å². The van der Waals surface area contributed by atoms with E-state index in [1.54, 1.807) is 24.3 Å². The fourth-order valence-electron chi connectivity index (χ4n) is 3.87. The van der Waals surface area contributed by atoms with Crippen LogP contribution in [0.5, 0.6) is 5.75 Å². The number of anilines is 1. The average molecular weight is 467 g/mol. The largest absolute Gasteiger partial charge is 0.507 e. The van der Waals surface area contributed by atoms with Gasteiger partial charge in [0.2, 0.25) is 0 Å². The number of amides is 1. The predicted molar refractivity (Wildman–Crippen MR) is 121 cm³/mol. The molecule has 2 heterocycles. The number of benzene rings is 2. The molecule has 1 aromatic heterocycles. The molecule has 0 bridgehead atoms. The predicted octanol–water partition coefficient (Wildman–Crippen LogP) is 5.75. The Bertz CT molecular complexity index is 1220. The first kappa shape index (κ1) is 23.2. The zero-order valence-corrected chi connectivity index (χ0v) is 18.5. The molecule has 2 aromatic carbocycles. The Balaban J connectivity index is 1.74. The molecule has 0 radical (unpaired) electrons. The minimum absolute atomic E-state index is 0.111. The van der Waals surface area contributed by atoms with E-state index >= 15 is 0 Å². The lowest BCUT2D eigenvalue weighted by Gasteiger charge is -2.23. The van der Waals surface area contributed by atoms with Crippen LogP contribution in [0.15, 0.2) is 70.9 Å². The van der Waals surface area contributed by atoms with Gasteiger partial charge in [-0.2, -0.15) is 0 Å². The number of hydrogen-bond acceptors (Lipinski definition) is 5. The molecular weight excluding hydrogens is 444 g/mol. The number of aliphatic hydroxyl groups excluding tert-OH is 1. The summed E-state index contributed by atoms with van der Waals surface area (Å²) in [6.07, 6.45) is 4.37. The van der Waals surface area contributed by atoms with E-state index in [9.17, 15) is 23.5 Å². The molecule has 0 spiro atoms. The highest BCUT2D eigenvalue weighted by Crippen LogP contribution is 2.43. The number of nitrogens with zero attached hydrogens (tertiary/aromatic N) is 1. The third kappa shape index (κ3) is 4.44. The van der Waals surface area contributed by atoms with Gasteiger partial charge in [-0.1, -0.05) is 19.8 Å². The van der Waals surface area contributed by atoms with Gasteiger partial charge < -0.3 is 14.3 Å². The number of carbonyl (C=O) groups excluding carboxylic acids is 2. The minimum atomic E-state index is -1.28. The van der Waals surface area contributed by atoms with E-state index in [1.165, 1.54) is 18.4 Å². The molecule has 0 aliphatic carbocycles. The van der Waals surface area contributed by atoms with Crippen LogP contribution in [0.4, 0.5) is 14.5 Å². The first-order chi connectivity index (χ1) is 16.4. The van der Waals surface area contributed by atoms with Gasteiger partial charge in [-0.25, -0.2) is 8.78 Å². The summed E-state index contributed by atoms with van der Waals surface area (Å²) in [5.74, 6) is -3.59. The van der Waals surface area contributed by atoms with Crippen LogP contribution >= 0.6 is 0 Å². The van der Waals surface area contributed by atoms with Crippen molar-refractivity contribution >= 4 is 23.1 Å². The van der Waals surface area contributed by atoms with Gasteiger partial charge in [0.15, 0.2) is 0 Å². The van der Waals surface area contributed by atoms with Crippen molar-refractivity contribution in [1.82, 2.24) is 0 Å². The maximum atomic E-state index is 14.6. The summed E-state index contributed by atoms with van der Waals surface area (Å²) in [5, 5.41) is 11.0. The Morgan fingerprint density at radius 2 is 1.85 bits per heavy atom. The molecule has 1 amide bonds. The Morgan fingerprint density at radius 1 is 1.09 bits per heavy atom. The molecule has 1 aliphatic heterocycles. The monoisotopic (exact) mass is 467 g/mol. The maximum Gasteiger partial charge on any atom is 0.300 e. The van der Waals surface area contributed by atoms with Crippen molar-refractivity contribution in [1.29, 1.82) is 0 Å². The highest BCUT2D eigenvalue weighted by molar-refractivity contribution is 6.51. The Kier molecular flexibility index (Phi) is 6.77. The molecule has 1 atom stereocenters. The van der Waals surface area contributed by atoms with Crippen LogP contribution in [0.3, 0.4) is 0 Å². The number of hydrogen-bond donors (Lipinski definition) is 1. The van der Waals surface area contributed by atoms with Gasteiger partial charge >= 0.3 is 0 Å². The van der Waals surface area contributed by atoms with E-state index in [-0.39, 0.29) is 16.9 Å². The number of aliphatic hydroxyl groups is 1. The molecule has 176 valence electrons. The summed E-state index contributed by atoms with van der Waals surface area (Å²) in [7, 11) is 0. The quantitative estimate of drug-likeness (QED) is 0.197. The summed E-state index contributed by atoms with van der Waals surface area (Å²) in [6.45, 7) is 2.65. The van der Waals surface area contributed by atoms with E-state index in [4.69, 9.17) is 9.15 Å². The van der Waals surface area contributed by atoms with Crippen molar-refractivity contribution in [2.24, 2.45) is 0 Å². The molecule has 8 heteroatoms. The van der Waals surface area contributed by atoms with Crippen LogP contribution < -0.4 is 9.64 Å². The number of ether oxygens (including phenoxy) is 1. The van der Waals surface area contributed by atoms with Crippen molar-refractivity contribution in [3.05, 3.63) is 89.4 Å². The van der Waals surface area contributed by atoms with Gasteiger partial charge in [0.25, 0.3) is 11.7 Å². The normalized spacial score (nSPS) is 17.4. The molecule has 1 unspecified atom stereocenters. The molecule has 3 aromatic rings. The Hall–Kier alpha value is -3.94. The molecule has 34 heavy (non-hydrogen) atoms. The third-order valence-corrected chi connectivity index (χ3v) is 5.57. The number of Topliss-reactive ketones (excluding diaryl/α,β-unsaturated/α-hetero) is 1. The van der Waals surface area contributed by atoms with Crippen LogP contribution in [0.1, 0.15) is 43.6 Å². The average Bonchev–Trinajstić information content (AvgIpc) is 3.45. The molecule has 0 saturated carbocycles. The molecule has 1 fully saturated rings. The van der Waals surface area contributed by atoms with Gasteiger partial charge in [0, 0.05) is 11.6 Å². The van der Waals surface area contributed by atoms with Crippen molar-refractivity contribution in [2.45, 2.75) is 32.2 Å². The first-order valence-electron chi connectivity index (χ1n) is 10.9. The van der Waals surface area contributed by atoms with Gasteiger partial charge in [-0.15, -0.1) is 0 Å². The van der Waals surface area contributed by atoms with E-state index in [2.05, 4.69) is 6.92 Å². The molecule has 6 nitrogen and oxygen atoms in total. The summed E-state index contributed by atoms with van der Waals surface area (Å²) >= 11 is 0. The minimum Gasteiger partial charge on any atom is -0.507 e. The fourth-order valence-corrected chi connectivity index (χ4v) is 3.87. The van der Waals surface area contributed by atoms with Crippen LogP contribution in [-0.4, -0.2) is 23.4 Å². The smallest absolute Gasteiger partial charge is 0.300 e. The second kappa shape index (κ2) is 9.91. The number of carbonyl (C=O) groups is 2. The molecular formula is C26H23F2NO5. The summed E-state index contributed by atoms with van der Waals surface area (Å²) in [6, 6.07) is 10.7. The lowest BCUT2D eigenvalue weighted by atomic mass is 9.99. The van der Waals surface area contributed by atoms with Gasteiger partial charge in [-0.05, 0) is 55.0 Å². The fraction of sp³-hybridized carbons (Fsp3) is 0.231. The molecule has 1 saturated heterocycles. The number of halogens is 2. The standard InChI is InChI=1S/C26H23F2NO5/c1-2-3-4-13-33-18-10-7-16(8-11-18)24(30)22-23(21-6-5-14-34-21)29(26(32)25(22)31)20-15-17(27)9-12-19(20)28/h5-12,14-15,23,30H,2-4,13H2,1H3/b24-22-. The van der Waals surface area contributed by atoms with Crippen molar-refractivity contribution in [3.63, 3.8) is 0 Å². The number of unbranched alkanes of at least 4 members (excludes halogenated alkanes) is 2. The lowest BCUT2D eigenvalue weighted by Crippen LogP contribution is -2.30. The SMILES string of the molecule is CCCCCOc1ccc(/C(O)=C2/C(=O)C(=O)N(c3cc(F)ccc3F)C2c2ccco2)cc1. The van der Waals surface area contributed by atoms with Crippen LogP contribution in [0.25, 0.3) is 5.76 Å². The van der Waals surface area contributed by atoms with E-state index < -0.39 is 40.8 Å². The molecule has 4 rings (SSSR count). The highest BCUT2D eigenvalue weighted by atomic mass is 19.1. The van der Waals surface area contributed by atoms with E-state index in [0.717, 1.165) is 42.4 Å². The van der Waals surface area contributed by atoms with Gasteiger partial charge in [-0.3, -0.25) is 14.5 Å². The second-order valence-electron chi connectivity index (χ2n) is 7.86. The summed E-state index contributed by atoms with van der Waals surface area (Å²) in [5.41, 5.74) is -0.464. The second-order valence-corrected chi connectivity index (χ2v) is 7.86. The Morgan fingerprint density at radius 3 is 2.53 bits per heavy atom. The van der Waals surface area contributed by atoms with Gasteiger partial charge in [0.05, 0.1) is 24.1 Å². The number of furan rings is 1. The summed E-state index contributed by atoms with van der Waals surface area (Å²) in [4.78, 5) is 26.7. The third-order valence-electron chi connectivity index (χ3n) is 5.57. The first-order valence-corrected chi connectivity index (χ1v) is 10.9.